The lowest BCUT2D eigenvalue weighted by molar-refractivity contribution is -0.151. The Bertz CT molecular complexity index is 565. The van der Waals surface area contributed by atoms with Crippen LogP contribution in [0, 0.1) is 5.92 Å². The molecule has 1 aromatic carbocycles. The second-order valence-corrected chi connectivity index (χ2v) is 6.54. The summed E-state index contributed by atoms with van der Waals surface area (Å²) in [5, 5.41) is 9.75. The summed E-state index contributed by atoms with van der Waals surface area (Å²) in [5.74, 6) is -0.657. The molecule has 3 atom stereocenters. The van der Waals surface area contributed by atoms with E-state index in [1.165, 1.54) is 0 Å². The fraction of sp³-hybridized carbons (Fsp3) is 0.500. The van der Waals surface area contributed by atoms with Gasteiger partial charge in [0.25, 0.3) is 0 Å². The number of benzene rings is 1. The molecule has 1 saturated heterocycles. The van der Waals surface area contributed by atoms with Crippen LogP contribution in [-0.2, 0) is 10.3 Å². The van der Waals surface area contributed by atoms with E-state index >= 15 is 0 Å². The van der Waals surface area contributed by atoms with Crippen LogP contribution in [0.15, 0.2) is 22.7 Å². The Labute approximate surface area is 125 Å². The second-order valence-electron chi connectivity index (χ2n) is 5.63. The highest BCUT2D eigenvalue weighted by atomic mass is 79.9. The molecule has 20 heavy (non-hydrogen) atoms. The highest BCUT2D eigenvalue weighted by molar-refractivity contribution is 9.10. The third kappa shape index (κ3) is 1.94. The van der Waals surface area contributed by atoms with Crippen LogP contribution in [0.2, 0.25) is 0 Å². The van der Waals surface area contributed by atoms with Crippen LogP contribution in [0.4, 0.5) is 0 Å². The lowest BCUT2D eigenvalue weighted by Crippen LogP contribution is -2.63. The summed E-state index contributed by atoms with van der Waals surface area (Å²) in [4.78, 5) is 14.0. The standard InChI is InChI=1S/C14H17BrN2O3/c1-17-5-4-12-10(7-17)14(16,13(18)19)9-6-8(15)2-3-11(9)20-12/h2-3,6,10,12H,4-5,7,16H2,1H3,(H,18,19). The number of aliphatic carboxylic acids is 1. The molecule has 108 valence electrons. The Balaban J connectivity index is 2.15. The lowest BCUT2D eigenvalue weighted by Gasteiger charge is -2.48. The van der Waals surface area contributed by atoms with Crippen LogP contribution >= 0.6 is 15.9 Å². The molecule has 3 rings (SSSR count). The maximum Gasteiger partial charge on any atom is 0.328 e. The van der Waals surface area contributed by atoms with E-state index in [4.69, 9.17) is 10.5 Å². The molecule has 2 heterocycles. The molecule has 0 amide bonds. The number of hydrogen-bond donors (Lipinski definition) is 2. The van der Waals surface area contributed by atoms with Crippen molar-refractivity contribution in [2.24, 2.45) is 11.7 Å². The van der Waals surface area contributed by atoms with Crippen LogP contribution in [0.25, 0.3) is 0 Å². The van der Waals surface area contributed by atoms with Gasteiger partial charge in [0, 0.05) is 29.0 Å². The van der Waals surface area contributed by atoms with Gasteiger partial charge in [-0.15, -0.1) is 0 Å². The smallest absolute Gasteiger partial charge is 0.328 e. The van der Waals surface area contributed by atoms with Crippen molar-refractivity contribution in [1.82, 2.24) is 4.90 Å². The number of hydrogen-bond acceptors (Lipinski definition) is 4. The summed E-state index contributed by atoms with van der Waals surface area (Å²) in [6.07, 6.45) is 0.657. The van der Waals surface area contributed by atoms with E-state index in [1.807, 2.05) is 13.1 Å². The summed E-state index contributed by atoms with van der Waals surface area (Å²) in [6, 6.07) is 5.39. The molecule has 0 aromatic heterocycles. The van der Waals surface area contributed by atoms with Crippen LogP contribution in [0.1, 0.15) is 12.0 Å². The second kappa shape index (κ2) is 4.72. The molecule has 0 saturated carbocycles. The number of carboxylic acids is 1. The van der Waals surface area contributed by atoms with Gasteiger partial charge in [-0.25, -0.2) is 4.79 Å². The zero-order valence-corrected chi connectivity index (χ0v) is 12.8. The topological polar surface area (TPSA) is 75.8 Å². The normalized spacial score (nSPS) is 33.0. The molecule has 1 fully saturated rings. The Morgan fingerprint density at radius 2 is 2.35 bits per heavy atom. The Morgan fingerprint density at radius 3 is 3.05 bits per heavy atom. The van der Waals surface area contributed by atoms with Crippen LogP contribution in [0.3, 0.4) is 0 Å². The number of carboxylic acid groups (broad SMARTS) is 1. The van der Waals surface area contributed by atoms with Crippen molar-refractivity contribution < 1.29 is 14.6 Å². The summed E-state index contributed by atoms with van der Waals surface area (Å²) in [5.41, 5.74) is 5.52. The van der Waals surface area contributed by atoms with E-state index in [2.05, 4.69) is 20.8 Å². The summed E-state index contributed by atoms with van der Waals surface area (Å²) in [7, 11) is 1.98. The van der Waals surface area contributed by atoms with Gasteiger partial charge >= 0.3 is 5.97 Å². The third-order valence-electron chi connectivity index (χ3n) is 4.36. The Morgan fingerprint density at radius 1 is 1.60 bits per heavy atom. The first kappa shape index (κ1) is 13.9. The van der Waals surface area contributed by atoms with Crippen molar-refractivity contribution in [2.45, 2.75) is 18.1 Å². The molecular weight excluding hydrogens is 324 g/mol. The average Bonchev–Trinajstić information content (AvgIpc) is 2.40. The number of fused-ring (bicyclic) bond motifs is 2. The first-order valence-electron chi connectivity index (χ1n) is 6.60. The van der Waals surface area contributed by atoms with E-state index in [9.17, 15) is 9.90 Å². The van der Waals surface area contributed by atoms with Crippen LogP contribution in [0.5, 0.6) is 5.75 Å². The number of ether oxygens (including phenoxy) is 1. The van der Waals surface area contributed by atoms with Crippen molar-refractivity contribution >= 4 is 21.9 Å². The Kier molecular flexibility index (Phi) is 3.27. The Hall–Kier alpha value is -1.11. The SMILES string of the molecule is CN1CCC2Oc3ccc(Br)cc3C(N)(C(=O)O)C2C1. The van der Waals surface area contributed by atoms with Crippen molar-refractivity contribution in [3.05, 3.63) is 28.2 Å². The first-order chi connectivity index (χ1) is 9.42. The van der Waals surface area contributed by atoms with Crippen molar-refractivity contribution in [3.63, 3.8) is 0 Å². The van der Waals surface area contributed by atoms with Gasteiger partial charge in [0.15, 0.2) is 5.54 Å². The molecule has 5 nitrogen and oxygen atoms in total. The number of likely N-dealkylation sites (tertiary alicyclic amines) is 1. The lowest BCUT2D eigenvalue weighted by atomic mass is 9.71. The largest absolute Gasteiger partial charge is 0.490 e. The maximum atomic E-state index is 11.9. The monoisotopic (exact) mass is 340 g/mol. The number of nitrogens with zero attached hydrogens (tertiary/aromatic N) is 1. The minimum absolute atomic E-state index is 0.138. The predicted molar refractivity (Wildman–Crippen MR) is 77.7 cm³/mol. The zero-order chi connectivity index (χ0) is 14.5. The van der Waals surface area contributed by atoms with E-state index in [0.717, 1.165) is 17.4 Å². The predicted octanol–water partition coefficient (Wildman–Crippen LogP) is 1.40. The first-order valence-corrected chi connectivity index (χ1v) is 7.39. The molecule has 2 aliphatic heterocycles. The van der Waals surface area contributed by atoms with Gasteiger partial charge in [-0.2, -0.15) is 0 Å². The van der Waals surface area contributed by atoms with E-state index in [1.54, 1.807) is 12.1 Å². The van der Waals surface area contributed by atoms with Crippen molar-refractivity contribution in [3.8, 4) is 5.75 Å². The molecule has 0 aliphatic carbocycles. The van der Waals surface area contributed by atoms with Crippen molar-refractivity contribution in [2.75, 3.05) is 20.1 Å². The third-order valence-corrected chi connectivity index (χ3v) is 4.85. The molecule has 3 unspecified atom stereocenters. The summed E-state index contributed by atoms with van der Waals surface area (Å²) >= 11 is 3.38. The van der Waals surface area contributed by atoms with E-state index < -0.39 is 11.5 Å². The number of rotatable bonds is 1. The molecule has 2 aliphatic rings. The quantitative estimate of drug-likeness (QED) is 0.808. The van der Waals surface area contributed by atoms with Gasteiger partial charge < -0.3 is 20.5 Å². The zero-order valence-electron chi connectivity index (χ0n) is 11.2. The van der Waals surface area contributed by atoms with Gasteiger partial charge in [0.2, 0.25) is 0 Å². The minimum Gasteiger partial charge on any atom is -0.490 e. The molecule has 1 aromatic rings. The molecular formula is C14H17BrN2O3. The van der Waals surface area contributed by atoms with Crippen molar-refractivity contribution in [1.29, 1.82) is 0 Å². The fourth-order valence-electron chi connectivity index (χ4n) is 3.24. The van der Waals surface area contributed by atoms with Gasteiger partial charge in [-0.05, 0) is 31.7 Å². The molecule has 3 N–H and O–H groups in total. The number of carbonyl (C=O) groups is 1. The fourth-order valence-corrected chi connectivity index (χ4v) is 3.60. The molecule has 0 radical (unpaired) electrons. The molecule has 6 heteroatoms. The highest BCUT2D eigenvalue weighted by Gasteiger charge is 2.54. The van der Waals surface area contributed by atoms with Gasteiger partial charge in [-0.3, -0.25) is 0 Å². The number of piperidine rings is 1. The van der Waals surface area contributed by atoms with Gasteiger partial charge in [-0.1, -0.05) is 15.9 Å². The van der Waals surface area contributed by atoms with Gasteiger partial charge in [0.05, 0.1) is 0 Å². The maximum absolute atomic E-state index is 11.9. The number of halogens is 1. The van der Waals surface area contributed by atoms with Gasteiger partial charge in [0.1, 0.15) is 11.9 Å². The summed E-state index contributed by atoms with van der Waals surface area (Å²) < 4.78 is 6.80. The molecule has 0 spiro atoms. The molecule has 0 bridgehead atoms. The van der Waals surface area contributed by atoms with E-state index in [-0.39, 0.29) is 12.0 Å². The average molecular weight is 341 g/mol. The minimum atomic E-state index is -1.41. The number of nitrogens with two attached hydrogens (primary N) is 1. The van der Waals surface area contributed by atoms with Crippen LogP contribution < -0.4 is 10.5 Å². The van der Waals surface area contributed by atoms with Crippen LogP contribution in [-0.4, -0.2) is 42.2 Å². The summed E-state index contributed by atoms with van der Waals surface area (Å²) in [6.45, 7) is 1.52. The highest BCUT2D eigenvalue weighted by Crippen LogP contribution is 2.45. The van der Waals surface area contributed by atoms with E-state index in [0.29, 0.717) is 17.9 Å².